The number of hydrogen-bond donors (Lipinski definition) is 0. The summed E-state index contributed by atoms with van der Waals surface area (Å²) in [4.78, 5) is 2.55. The molecule has 1 aliphatic rings. The van der Waals surface area contributed by atoms with Gasteiger partial charge in [0.2, 0.25) is 0 Å². The summed E-state index contributed by atoms with van der Waals surface area (Å²) in [7, 11) is 0. The molecule has 1 heterocycles. The molecule has 1 aliphatic heterocycles. The van der Waals surface area contributed by atoms with E-state index in [0.717, 1.165) is 6.54 Å². The highest BCUT2D eigenvalue weighted by Gasteiger charge is 2.14. The van der Waals surface area contributed by atoms with Crippen molar-refractivity contribution in [3.05, 3.63) is 41.8 Å². The fraction of sp³-hybridized carbons (Fsp3) is 0.562. The number of hydrogen-bond acceptors (Lipinski definition) is 1. The molecule has 0 atom stereocenters. The molecular formula is C16H24N. The topological polar surface area (TPSA) is 3.24 Å². The molecule has 2 rings (SSSR count). The van der Waals surface area contributed by atoms with Gasteiger partial charge in [-0.1, -0.05) is 45.0 Å². The van der Waals surface area contributed by atoms with Crippen LogP contribution in [0.25, 0.3) is 0 Å². The Bertz CT molecular complexity index is 339. The Kier molecular flexibility index (Phi) is 3.88. The van der Waals surface area contributed by atoms with Gasteiger partial charge in [0, 0.05) is 6.54 Å². The van der Waals surface area contributed by atoms with E-state index in [0.29, 0.717) is 0 Å². The molecule has 1 aromatic rings. The summed E-state index contributed by atoms with van der Waals surface area (Å²) in [6.45, 7) is 10.4. The van der Waals surface area contributed by atoms with Crippen LogP contribution >= 0.6 is 0 Å². The average molecular weight is 230 g/mol. The van der Waals surface area contributed by atoms with Crippen LogP contribution in [0.5, 0.6) is 0 Å². The van der Waals surface area contributed by atoms with E-state index in [4.69, 9.17) is 0 Å². The number of rotatable bonds is 2. The quantitative estimate of drug-likeness (QED) is 0.747. The maximum Gasteiger partial charge on any atom is 0.0233 e. The molecule has 0 spiro atoms. The Morgan fingerprint density at radius 2 is 1.59 bits per heavy atom. The van der Waals surface area contributed by atoms with Crippen LogP contribution in [0.15, 0.2) is 24.3 Å². The standard InChI is InChI=1S/C16H24N/c1-16(2,3)15-9-7-14(8-10-15)13-17-11-5-4-6-12-17/h4,7-10H,5-6,11-13H2,1-3H3. The van der Waals surface area contributed by atoms with Gasteiger partial charge in [0.25, 0.3) is 0 Å². The highest BCUT2D eigenvalue weighted by Crippen LogP contribution is 2.22. The highest BCUT2D eigenvalue weighted by atomic mass is 15.1. The predicted molar refractivity (Wildman–Crippen MR) is 74.0 cm³/mol. The summed E-state index contributed by atoms with van der Waals surface area (Å²) >= 11 is 0. The van der Waals surface area contributed by atoms with E-state index in [1.54, 1.807) is 0 Å². The van der Waals surface area contributed by atoms with Gasteiger partial charge >= 0.3 is 0 Å². The third-order valence-corrected chi connectivity index (χ3v) is 3.53. The van der Waals surface area contributed by atoms with Crippen LogP contribution in [0.4, 0.5) is 0 Å². The molecular weight excluding hydrogens is 206 g/mol. The Hall–Kier alpha value is -0.820. The third kappa shape index (κ3) is 3.57. The zero-order chi connectivity index (χ0) is 12.3. The number of nitrogens with zero attached hydrogens (tertiary/aromatic N) is 1. The second-order valence-corrected chi connectivity index (χ2v) is 6.09. The first kappa shape index (κ1) is 12.6. The first-order valence-electron chi connectivity index (χ1n) is 6.69. The smallest absolute Gasteiger partial charge is 0.0233 e. The fourth-order valence-electron chi connectivity index (χ4n) is 2.33. The van der Waals surface area contributed by atoms with Crippen molar-refractivity contribution in [1.82, 2.24) is 4.90 Å². The molecule has 0 unspecified atom stereocenters. The molecule has 0 N–H and O–H groups in total. The third-order valence-electron chi connectivity index (χ3n) is 3.53. The van der Waals surface area contributed by atoms with E-state index >= 15 is 0 Å². The molecule has 1 fully saturated rings. The molecule has 1 nitrogen and oxygen atoms in total. The molecule has 1 aromatic carbocycles. The van der Waals surface area contributed by atoms with Gasteiger partial charge in [-0.3, -0.25) is 4.90 Å². The summed E-state index contributed by atoms with van der Waals surface area (Å²) in [6.07, 6.45) is 4.90. The number of likely N-dealkylation sites (tertiary alicyclic amines) is 1. The van der Waals surface area contributed by atoms with Crippen LogP contribution in [0.1, 0.15) is 44.7 Å². The van der Waals surface area contributed by atoms with E-state index < -0.39 is 0 Å². The molecule has 17 heavy (non-hydrogen) atoms. The number of benzene rings is 1. The molecule has 93 valence electrons. The Morgan fingerprint density at radius 1 is 1.00 bits per heavy atom. The summed E-state index contributed by atoms with van der Waals surface area (Å²) in [5.74, 6) is 0. The summed E-state index contributed by atoms with van der Waals surface area (Å²) in [5, 5.41) is 0. The van der Waals surface area contributed by atoms with Gasteiger partial charge in [0.1, 0.15) is 0 Å². The zero-order valence-electron chi connectivity index (χ0n) is 11.4. The Balaban J connectivity index is 1.98. The lowest BCUT2D eigenvalue weighted by atomic mass is 9.87. The Labute approximate surface area is 106 Å². The largest absolute Gasteiger partial charge is 0.299 e. The van der Waals surface area contributed by atoms with E-state index in [-0.39, 0.29) is 5.41 Å². The van der Waals surface area contributed by atoms with Crippen molar-refractivity contribution in [2.24, 2.45) is 0 Å². The number of piperidine rings is 1. The fourth-order valence-corrected chi connectivity index (χ4v) is 2.33. The van der Waals surface area contributed by atoms with Crippen molar-refractivity contribution in [3.8, 4) is 0 Å². The lowest BCUT2D eigenvalue weighted by Crippen LogP contribution is -2.29. The van der Waals surface area contributed by atoms with Crippen LogP contribution in [0.3, 0.4) is 0 Å². The molecule has 0 amide bonds. The van der Waals surface area contributed by atoms with E-state index in [9.17, 15) is 0 Å². The van der Waals surface area contributed by atoms with Crippen molar-refractivity contribution >= 4 is 0 Å². The minimum atomic E-state index is 0.263. The first-order chi connectivity index (χ1) is 8.05. The summed E-state index contributed by atoms with van der Waals surface area (Å²) in [6, 6.07) is 9.15. The van der Waals surface area contributed by atoms with Gasteiger partial charge in [0.05, 0.1) is 0 Å². The van der Waals surface area contributed by atoms with Crippen molar-refractivity contribution in [2.45, 2.75) is 45.6 Å². The zero-order valence-corrected chi connectivity index (χ0v) is 11.4. The monoisotopic (exact) mass is 230 g/mol. The van der Waals surface area contributed by atoms with Gasteiger partial charge in [0.15, 0.2) is 0 Å². The van der Waals surface area contributed by atoms with E-state index in [1.165, 1.54) is 37.1 Å². The Morgan fingerprint density at radius 3 is 2.12 bits per heavy atom. The molecule has 0 aliphatic carbocycles. The van der Waals surface area contributed by atoms with Gasteiger partial charge in [-0.05, 0) is 48.9 Å². The van der Waals surface area contributed by atoms with Crippen molar-refractivity contribution in [3.63, 3.8) is 0 Å². The minimum absolute atomic E-state index is 0.263. The van der Waals surface area contributed by atoms with Crippen molar-refractivity contribution < 1.29 is 0 Å². The lowest BCUT2D eigenvalue weighted by Gasteiger charge is -2.26. The first-order valence-corrected chi connectivity index (χ1v) is 6.69. The normalized spacial score (nSPS) is 18.3. The van der Waals surface area contributed by atoms with Crippen LogP contribution < -0.4 is 0 Å². The lowest BCUT2D eigenvalue weighted by molar-refractivity contribution is 0.246. The summed E-state index contributed by atoms with van der Waals surface area (Å²) < 4.78 is 0. The van der Waals surface area contributed by atoms with Gasteiger partial charge < -0.3 is 0 Å². The second-order valence-electron chi connectivity index (χ2n) is 6.09. The summed E-state index contributed by atoms with van der Waals surface area (Å²) in [5.41, 5.74) is 3.13. The maximum atomic E-state index is 2.55. The second kappa shape index (κ2) is 5.22. The van der Waals surface area contributed by atoms with Gasteiger partial charge in [-0.25, -0.2) is 0 Å². The molecule has 0 bridgehead atoms. The minimum Gasteiger partial charge on any atom is -0.299 e. The average Bonchev–Trinajstić information content (AvgIpc) is 2.30. The SMILES string of the molecule is CC(C)(C)c1ccc(CN2CC[CH]CC2)cc1. The van der Waals surface area contributed by atoms with Gasteiger partial charge in [-0.15, -0.1) is 0 Å². The molecule has 0 aromatic heterocycles. The highest BCUT2D eigenvalue weighted by molar-refractivity contribution is 5.27. The maximum absolute atomic E-state index is 2.55. The van der Waals surface area contributed by atoms with Crippen molar-refractivity contribution in [1.29, 1.82) is 0 Å². The van der Waals surface area contributed by atoms with Crippen LogP contribution in [-0.2, 0) is 12.0 Å². The van der Waals surface area contributed by atoms with E-state index in [2.05, 4.69) is 56.4 Å². The molecule has 1 saturated heterocycles. The molecule has 1 radical (unpaired) electrons. The van der Waals surface area contributed by atoms with Crippen LogP contribution in [-0.4, -0.2) is 18.0 Å². The van der Waals surface area contributed by atoms with Gasteiger partial charge in [-0.2, -0.15) is 0 Å². The molecule has 0 saturated carbocycles. The molecule has 1 heteroatoms. The van der Waals surface area contributed by atoms with Crippen LogP contribution in [0.2, 0.25) is 0 Å². The van der Waals surface area contributed by atoms with Crippen LogP contribution in [0, 0.1) is 6.42 Å². The van der Waals surface area contributed by atoms with E-state index in [1.807, 2.05) is 0 Å². The predicted octanol–water partition coefficient (Wildman–Crippen LogP) is 3.78. The van der Waals surface area contributed by atoms with Crippen molar-refractivity contribution in [2.75, 3.05) is 13.1 Å².